The number of benzene rings is 2. The number of aliphatic imine (C=N–C) groups is 1. The molecule has 0 bridgehead atoms. The van der Waals surface area contributed by atoms with Gasteiger partial charge in [-0.05, 0) is 30.2 Å². The summed E-state index contributed by atoms with van der Waals surface area (Å²) in [7, 11) is 2.01. The zero-order valence-electron chi connectivity index (χ0n) is 16.4. The molecule has 2 aromatic carbocycles. The summed E-state index contributed by atoms with van der Waals surface area (Å²) in [6, 6.07) is 17.9. The second-order valence-electron chi connectivity index (χ2n) is 6.58. The summed E-state index contributed by atoms with van der Waals surface area (Å²) in [5.41, 5.74) is 4.09. The molecule has 0 amide bonds. The van der Waals surface area contributed by atoms with Gasteiger partial charge in [0.2, 0.25) is 0 Å². The smallest absolute Gasteiger partial charge is 0.194 e. The number of nitrogens with zero attached hydrogens (tertiary/aromatic N) is 4. The van der Waals surface area contributed by atoms with Gasteiger partial charge in [-0.2, -0.15) is 5.10 Å². The van der Waals surface area contributed by atoms with Crippen LogP contribution in [0.2, 0.25) is 0 Å². The molecule has 0 atom stereocenters. The number of guanidine groups is 1. The summed E-state index contributed by atoms with van der Waals surface area (Å²) in [4.78, 5) is 6.83. The first-order chi connectivity index (χ1) is 13.7. The molecule has 28 heavy (non-hydrogen) atoms. The van der Waals surface area contributed by atoms with Crippen LogP contribution in [0.3, 0.4) is 0 Å². The van der Waals surface area contributed by atoms with Crippen LogP contribution < -0.4 is 5.32 Å². The van der Waals surface area contributed by atoms with Gasteiger partial charge in [0.25, 0.3) is 0 Å². The van der Waals surface area contributed by atoms with E-state index < -0.39 is 0 Å². The van der Waals surface area contributed by atoms with Gasteiger partial charge in [0.15, 0.2) is 5.96 Å². The van der Waals surface area contributed by atoms with Gasteiger partial charge in [0.05, 0.1) is 25.0 Å². The topological polar surface area (TPSA) is 65.7 Å². The summed E-state index contributed by atoms with van der Waals surface area (Å²) in [5.74, 6) is 0.822. The first kappa shape index (κ1) is 19.6. The molecule has 0 unspecified atom stereocenters. The summed E-state index contributed by atoms with van der Waals surface area (Å²) in [6.07, 6.45) is 3.92. The third-order valence-electron chi connectivity index (χ3n) is 4.46. The Hall–Kier alpha value is -3.12. The molecule has 3 rings (SSSR count). The largest absolute Gasteiger partial charge is 0.392 e. The zero-order valence-corrected chi connectivity index (χ0v) is 16.4. The van der Waals surface area contributed by atoms with Crippen molar-refractivity contribution in [2.45, 2.75) is 26.6 Å². The van der Waals surface area contributed by atoms with Crippen LogP contribution >= 0.6 is 0 Å². The van der Waals surface area contributed by atoms with Gasteiger partial charge in [-0.3, -0.25) is 0 Å². The van der Waals surface area contributed by atoms with Crippen molar-refractivity contribution in [3.8, 4) is 5.69 Å². The summed E-state index contributed by atoms with van der Waals surface area (Å²) >= 11 is 0. The van der Waals surface area contributed by atoms with Crippen molar-refractivity contribution in [2.24, 2.45) is 4.99 Å². The predicted octanol–water partition coefficient (Wildman–Crippen LogP) is 2.96. The Bertz CT molecular complexity index is 904. The van der Waals surface area contributed by atoms with E-state index in [1.807, 2.05) is 78.7 Å². The highest BCUT2D eigenvalue weighted by Crippen LogP contribution is 2.12. The number of aromatic nitrogens is 2. The van der Waals surface area contributed by atoms with Crippen molar-refractivity contribution in [3.05, 3.63) is 83.7 Å². The van der Waals surface area contributed by atoms with E-state index in [0.717, 1.165) is 34.9 Å². The highest BCUT2D eigenvalue weighted by Gasteiger charge is 2.09. The van der Waals surface area contributed by atoms with Gasteiger partial charge in [-0.1, -0.05) is 42.5 Å². The average Bonchev–Trinajstić information content (AvgIpc) is 3.20. The highest BCUT2D eigenvalue weighted by molar-refractivity contribution is 5.79. The Morgan fingerprint density at radius 3 is 2.54 bits per heavy atom. The van der Waals surface area contributed by atoms with Crippen molar-refractivity contribution >= 4 is 5.96 Å². The van der Waals surface area contributed by atoms with Crippen molar-refractivity contribution in [1.29, 1.82) is 0 Å². The van der Waals surface area contributed by atoms with Crippen molar-refractivity contribution < 1.29 is 5.11 Å². The molecule has 0 spiro atoms. The Morgan fingerprint density at radius 2 is 1.82 bits per heavy atom. The molecular weight excluding hydrogens is 350 g/mol. The third-order valence-corrected chi connectivity index (χ3v) is 4.46. The van der Waals surface area contributed by atoms with Gasteiger partial charge in [0.1, 0.15) is 0 Å². The molecule has 3 aromatic rings. The van der Waals surface area contributed by atoms with E-state index in [0.29, 0.717) is 13.1 Å². The quantitative estimate of drug-likeness (QED) is 0.491. The second kappa shape index (κ2) is 9.71. The fraction of sp³-hybridized carbons (Fsp3) is 0.273. The molecule has 0 aliphatic heterocycles. The Morgan fingerprint density at radius 1 is 1.11 bits per heavy atom. The van der Waals surface area contributed by atoms with Crippen molar-refractivity contribution in [1.82, 2.24) is 20.0 Å². The molecule has 1 heterocycles. The number of rotatable bonds is 7. The molecule has 0 radical (unpaired) electrons. The lowest BCUT2D eigenvalue weighted by Crippen LogP contribution is -2.38. The van der Waals surface area contributed by atoms with E-state index in [-0.39, 0.29) is 6.61 Å². The van der Waals surface area contributed by atoms with E-state index >= 15 is 0 Å². The van der Waals surface area contributed by atoms with Crippen LogP contribution in [-0.2, 0) is 19.7 Å². The highest BCUT2D eigenvalue weighted by atomic mass is 16.3. The number of aliphatic hydroxyl groups excluding tert-OH is 1. The predicted molar refractivity (Wildman–Crippen MR) is 112 cm³/mol. The van der Waals surface area contributed by atoms with Gasteiger partial charge in [0, 0.05) is 31.9 Å². The second-order valence-corrected chi connectivity index (χ2v) is 6.58. The van der Waals surface area contributed by atoms with E-state index in [1.54, 1.807) is 0 Å². The molecule has 146 valence electrons. The van der Waals surface area contributed by atoms with Crippen molar-refractivity contribution in [3.63, 3.8) is 0 Å². The number of para-hydroxylation sites is 1. The molecule has 0 saturated carbocycles. The standard InChI is InChI=1S/C22H27N5O/c1-3-23-22(24-14-19-9-7-8-10-20(19)17-28)26(2)15-18-13-25-27(16-18)21-11-5-4-6-12-21/h4-13,16,28H,3,14-15,17H2,1-2H3,(H,23,24). The van der Waals surface area contributed by atoms with Gasteiger partial charge in [-0.15, -0.1) is 0 Å². The Balaban J connectivity index is 1.71. The minimum atomic E-state index is 0.0245. The lowest BCUT2D eigenvalue weighted by Gasteiger charge is -2.21. The maximum absolute atomic E-state index is 9.50. The minimum absolute atomic E-state index is 0.0245. The third kappa shape index (κ3) is 4.98. The number of aliphatic hydroxyl groups is 1. The van der Waals surface area contributed by atoms with Crippen LogP contribution in [0, 0.1) is 0 Å². The van der Waals surface area contributed by atoms with E-state index in [1.165, 1.54) is 0 Å². The van der Waals surface area contributed by atoms with Crippen LogP contribution in [0.25, 0.3) is 5.69 Å². The molecule has 2 N–H and O–H groups in total. The lowest BCUT2D eigenvalue weighted by atomic mass is 10.1. The fourth-order valence-electron chi connectivity index (χ4n) is 3.01. The molecule has 0 saturated heterocycles. The van der Waals surface area contributed by atoms with E-state index in [2.05, 4.69) is 22.2 Å². The van der Waals surface area contributed by atoms with E-state index in [4.69, 9.17) is 4.99 Å². The monoisotopic (exact) mass is 377 g/mol. The molecule has 1 aromatic heterocycles. The fourth-order valence-corrected chi connectivity index (χ4v) is 3.01. The maximum atomic E-state index is 9.50. The molecule has 6 nitrogen and oxygen atoms in total. The van der Waals surface area contributed by atoms with Crippen LogP contribution in [0.15, 0.2) is 72.0 Å². The van der Waals surface area contributed by atoms with Crippen LogP contribution in [0.1, 0.15) is 23.6 Å². The number of nitrogens with one attached hydrogen (secondary N) is 1. The van der Waals surface area contributed by atoms with Crippen LogP contribution in [0.5, 0.6) is 0 Å². The number of hydrogen-bond donors (Lipinski definition) is 2. The van der Waals surface area contributed by atoms with Crippen LogP contribution in [-0.4, -0.2) is 39.3 Å². The Kier molecular flexibility index (Phi) is 6.81. The number of hydrogen-bond acceptors (Lipinski definition) is 3. The average molecular weight is 377 g/mol. The van der Waals surface area contributed by atoms with Crippen molar-refractivity contribution in [2.75, 3.05) is 13.6 Å². The Labute approximate surface area is 166 Å². The van der Waals surface area contributed by atoms with E-state index in [9.17, 15) is 5.11 Å². The molecule has 0 aliphatic rings. The van der Waals surface area contributed by atoms with Gasteiger partial charge in [-0.25, -0.2) is 9.67 Å². The van der Waals surface area contributed by atoms with Gasteiger partial charge < -0.3 is 15.3 Å². The lowest BCUT2D eigenvalue weighted by molar-refractivity contribution is 0.280. The zero-order chi connectivity index (χ0) is 19.8. The molecular formula is C22H27N5O. The molecule has 0 aliphatic carbocycles. The summed E-state index contributed by atoms with van der Waals surface area (Å²) in [5, 5.41) is 17.3. The summed E-state index contributed by atoms with van der Waals surface area (Å²) < 4.78 is 1.88. The first-order valence-corrected chi connectivity index (χ1v) is 9.47. The molecule has 6 heteroatoms. The summed E-state index contributed by atoms with van der Waals surface area (Å²) in [6.45, 7) is 4.08. The first-order valence-electron chi connectivity index (χ1n) is 9.47. The van der Waals surface area contributed by atoms with Crippen LogP contribution in [0.4, 0.5) is 0 Å². The molecule has 0 fully saturated rings. The van der Waals surface area contributed by atoms with Gasteiger partial charge >= 0.3 is 0 Å². The minimum Gasteiger partial charge on any atom is -0.392 e. The SMILES string of the molecule is CCNC(=NCc1ccccc1CO)N(C)Cc1cnn(-c2ccccc2)c1. The maximum Gasteiger partial charge on any atom is 0.194 e. The normalized spacial score (nSPS) is 11.5.